The SMILES string of the molecule is CCC(I)c1ccc(OC(=O)OC(C)(C)CC)cc1. The third-order valence-corrected chi connectivity index (χ3v) is 4.61. The van der Waals surface area contributed by atoms with Gasteiger partial charge in [0.05, 0.1) is 0 Å². The summed E-state index contributed by atoms with van der Waals surface area (Å²) in [5.41, 5.74) is 0.740. The van der Waals surface area contributed by atoms with Gasteiger partial charge in [-0.3, -0.25) is 0 Å². The fourth-order valence-corrected chi connectivity index (χ4v) is 1.81. The zero-order valence-corrected chi connectivity index (χ0v) is 14.1. The number of carbonyl (C=O) groups is 1. The Morgan fingerprint density at radius 3 is 2.32 bits per heavy atom. The number of benzene rings is 1. The van der Waals surface area contributed by atoms with E-state index < -0.39 is 11.8 Å². The zero-order valence-electron chi connectivity index (χ0n) is 11.9. The van der Waals surface area contributed by atoms with E-state index in [1.165, 1.54) is 5.56 Å². The Balaban J connectivity index is 2.61. The molecule has 0 amide bonds. The lowest BCUT2D eigenvalue weighted by molar-refractivity contribution is 0.00706. The van der Waals surface area contributed by atoms with Gasteiger partial charge in [0.2, 0.25) is 0 Å². The molecule has 1 rings (SSSR count). The maximum Gasteiger partial charge on any atom is 0.514 e. The van der Waals surface area contributed by atoms with E-state index >= 15 is 0 Å². The van der Waals surface area contributed by atoms with Crippen LogP contribution >= 0.6 is 22.6 Å². The van der Waals surface area contributed by atoms with Gasteiger partial charge < -0.3 is 9.47 Å². The van der Waals surface area contributed by atoms with E-state index in [-0.39, 0.29) is 0 Å². The monoisotopic (exact) mass is 376 g/mol. The molecule has 0 fully saturated rings. The van der Waals surface area contributed by atoms with Crippen LogP contribution in [-0.4, -0.2) is 11.8 Å². The van der Waals surface area contributed by atoms with Crippen LogP contribution in [0.2, 0.25) is 0 Å². The molecule has 1 aromatic rings. The summed E-state index contributed by atoms with van der Waals surface area (Å²) in [6, 6.07) is 7.57. The van der Waals surface area contributed by atoms with Crippen molar-refractivity contribution in [1.82, 2.24) is 0 Å². The zero-order chi connectivity index (χ0) is 14.5. The Hall–Kier alpha value is -0.780. The fraction of sp³-hybridized carbons (Fsp3) is 0.533. The first-order valence-corrected chi connectivity index (χ1v) is 7.77. The van der Waals surface area contributed by atoms with Crippen LogP contribution < -0.4 is 4.74 Å². The molecule has 0 saturated carbocycles. The number of carbonyl (C=O) groups excluding carboxylic acids is 1. The second kappa shape index (κ2) is 7.12. The van der Waals surface area contributed by atoms with E-state index in [1.54, 1.807) is 12.1 Å². The number of ether oxygens (including phenoxy) is 2. The van der Waals surface area contributed by atoms with Gasteiger partial charge in [0.15, 0.2) is 0 Å². The van der Waals surface area contributed by atoms with Crippen LogP contribution in [0.5, 0.6) is 5.75 Å². The molecule has 0 N–H and O–H groups in total. The molecule has 4 heteroatoms. The summed E-state index contributed by atoms with van der Waals surface area (Å²) in [7, 11) is 0. The van der Waals surface area contributed by atoms with Crippen LogP contribution in [0.25, 0.3) is 0 Å². The topological polar surface area (TPSA) is 35.5 Å². The van der Waals surface area contributed by atoms with Gasteiger partial charge in [-0.25, -0.2) is 4.79 Å². The Morgan fingerprint density at radius 1 is 1.26 bits per heavy atom. The third kappa shape index (κ3) is 5.38. The van der Waals surface area contributed by atoms with Crippen molar-refractivity contribution in [1.29, 1.82) is 0 Å². The highest BCUT2D eigenvalue weighted by atomic mass is 127. The predicted octanol–water partition coefficient (Wildman–Crippen LogP) is 5.28. The number of alkyl halides is 1. The van der Waals surface area contributed by atoms with Crippen molar-refractivity contribution in [3.63, 3.8) is 0 Å². The third-order valence-electron chi connectivity index (χ3n) is 3.01. The maximum atomic E-state index is 11.6. The fourth-order valence-electron chi connectivity index (χ4n) is 1.40. The van der Waals surface area contributed by atoms with Crippen molar-refractivity contribution in [2.75, 3.05) is 0 Å². The minimum absolute atomic E-state index is 0.484. The Morgan fingerprint density at radius 2 is 1.84 bits per heavy atom. The molecule has 19 heavy (non-hydrogen) atoms. The summed E-state index contributed by atoms with van der Waals surface area (Å²) >= 11 is 2.40. The van der Waals surface area contributed by atoms with Gasteiger partial charge in [-0.2, -0.15) is 0 Å². The molecule has 0 radical (unpaired) electrons. The second-order valence-corrected chi connectivity index (χ2v) is 6.52. The van der Waals surface area contributed by atoms with Gasteiger partial charge in [-0.1, -0.05) is 48.6 Å². The van der Waals surface area contributed by atoms with Crippen molar-refractivity contribution in [3.8, 4) is 5.75 Å². The summed E-state index contributed by atoms with van der Waals surface area (Å²) in [5, 5.41) is 0. The summed E-state index contributed by atoms with van der Waals surface area (Å²) in [4.78, 5) is 11.6. The first kappa shape index (κ1) is 16.3. The molecule has 0 aliphatic carbocycles. The van der Waals surface area contributed by atoms with Gasteiger partial charge in [0.1, 0.15) is 11.4 Å². The second-order valence-electron chi connectivity index (χ2n) is 5.01. The van der Waals surface area contributed by atoms with Gasteiger partial charge in [-0.05, 0) is 44.4 Å². The molecule has 0 saturated heterocycles. The molecule has 1 aromatic carbocycles. The van der Waals surface area contributed by atoms with Crippen molar-refractivity contribution in [2.24, 2.45) is 0 Å². The van der Waals surface area contributed by atoms with Crippen molar-refractivity contribution in [3.05, 3.63) is 29.8 Å². The summed E-state index contributed by atoms with van der Waals surface area (Å²) in [6.07, 6.45) is 1.17. The van der Waals surface area contributed by atoms with Crippen LogP contribution in [0.4, 0.5) is 4.79 Å². The molecule has 0 heterocycles. The minimum atomic E-state index is -0.652. The molecule has 0 aromatic heterocycles. The molecule has 106 valence electrons. The summed E-state index contributed by atoms with van der Waals surface area (Å²) < 4.78 is 10.9. The van der Waals surface area contributed by atoms with Gasteiger partial charge in [0, 0.05) is 3.92 Å². The molecular weight excluding hydrogens is 355 g/mol. The highest BCUT2D eigenvalue weighted by Crippen LogP contribution is 2.28. The Labute approximate surface area is 128 Å². The lowest BCUT2D eigenvalue weighted by Crippen LogP contribution is -2.28. The average Bonchev–Trinajstić information content (AvgIpc) is 2.38. The molecule has 0 aliphatic rings. The van der Waals surface area contributed by atoms with Gasteiger partial charge in [0.25, 0.3) is 0 Å². The Kier molecular flexibility index (Phi) is 6.10. The number of hydrogen-bond acceptors (Lipinski definition) is 3. The maximum absolute atomic E-state index is 11.6. The first-order chi connectivity index (χ1) is 8.88. The highest BCUT2D eigenvalue weighted by molar-refractivity contribution is 14.1. The number of halogens is 1. The molecule has 0 bridgehead atoms. The predicted molar refractivity (Wildman–Crippen MR) is 85.0 cm³/mol. The lowest BCUT2D eigenvalue weighted by Gasteiger charge is -2.22. The van der Waals surface area contributed by atoms with Crippen LogP contribution in [-0.2, 0) is 4.74 Å². The summed E-state index contributed by atoms with van der Waals surface area (Å²) in [5.74, 6) is 0.514. The average molecular weight is 376 g/mol. The minimum Gasteiger partial charge on any atom is -0.428 e. The van der Waals surface area contributed by atoms with Gasteiger partial charge in [-0.15, -0.1) is 0 Å². The van der Waals surface area contributed by atoms with Crippen molar-refractivity contribution in [2.45, 2.75) is 50.1 Å². The summed E-state index contributed by atoms with van der Waals surface area (Å²) in [6.45, 7) is 7.83. The lowest BCUT2D eigenvalue weighted by atomic mass is 10.1. The number of hydrogen-bond donors (Lipinski definition) is 0. The first-order valence-electron chi connectivity index (χ1n) is 6.52. The van der Waals surface area contributed by atoms with E-state index in [9.17, 15) is 4.79 Å². The van der Waals surface area contributed by atoms with E-state index in [0.29, 0.717) is 9.67 Å². The van der Waals surface area contributed by atoms with Crippen molar-refractivity contribution < 1.29 is 14.3 Å². The molecule has 1 atom stereocenters. The van der Waals surface area contributed by atoms with Crippen LogP contribution in [0.3, 0.4) is 0 Å². The Bertz CT molecular complexity index is 412. The van der Waals surface area contributed by atoms with E-state index in [1.807, 2.05) is 32.9 Å². The molecule has 0 spiro atoms. The van der Waals surface area contributed by atoms with Gasteiger partial charge >= 0.3 is 6.16 Å². The van der Waals surface area contributed by atoms with Crippen LogP contribution in [0.15, 0.2) is 24.3 Å². The van der Waals surface area contributed by atoms with E-state index in [0.717, 1.165) is 12.8 Å². The highest BCUT2D eigenvalue weighted by Gasteiger charge is 2.21. The normalized spacial score (nSPS) is 12.9. The number of rotatable bonds is 5. The molecule has 0 aliphatic heterocycles. The van der Waals surface area contributed by atoms with Crippen molar-refractivity contribution >= 4 is 28.7 Å². The largest absolute Gasteiger partial charge is 0.514 e. The smallest absolute Gasteiger partial charge is 0.428 e. The van der Waals surface area contributed by atoms with Crippen LogP contribution in [0, 0.1) is 0 Å². The van der Waals surface area contributed by atoms with E-state index in [4.69, 9.17) is 9.47 Å². The van der Waals surface area contributed by atoms with E-state index in [2.05, 4.69) is 29.5 Å². The molecule has 3 nitrogen and oxygen atoms in total. The standard InChI is InChI=1S/C15H21IO3/c1-5-13(16)11-7-9-12(10-8-11)18-14(17)19-15(3,4)6-2/h7-10,13H,5-6H2,1-4H3. The van der Waals surface area contributed by atoms with Crippen LogP contribution in [0.1, 0.15) is 50.0 Å². The quantitative estimate of drug-likeness (QED) is 0.304. The molecule has 1 unspecified atom stereocenters. The molecular formula is C15H21IO3.